The molecule has 0 bridgehead atoms. The van der Waals surface area contributed by atoms with Gasteiger partial charge in [-0.15, -0.1) is 0 Å². The third-order valence-electron chi connectivity index (χ3n) is 4.79. The van der Waals surface area contributed by atoms with E-state index in [-0.39, 0.29) is 21.7 Å². The number of rotatable bonds is 3. The summed E-state index contributed by atoms with van der Waals surface area (Å²) in [6, 6.07) is 10.5. The van der Waals surface area contributed by atoms with Crippen molar-refractivity contribution in [2.45, 2.75) is 13.8 Å². The highest BCUT2D eigenvalue weighted by Gasteiger charge is 2.18. The number of phenolic OH excluding ortho intramolecular Hbond substituents is 3. The van der Waals surface area contributed by atoms with E-state index in [0.29, 0.717) is 38.3 Å². The number of halogens is 2. The summed E-state index contributed by atoms with van der Waals surface area (Å²) in [5, 5.41) is 30.7. The van der Waals surface area contributed by atoms with E-state index < -0.39 is 0 Å². The van der Waals surface area contributed by atoms with Gasteiger partial charge in [-0.1, -0.05) is 12.1 Å². The molecule has 4 rings (SSSR count). The van der Waals surface area contributed by atoms with E-state index in [1.165, 1.54) is 12.3 Å². The highest BCUT2D eigenvalue weighted by Crippen LogP contribution is 2.43. The van der Waals surface area contributed by atoms with Gasteiger partial charge in [0.2, 0.25) is 5.89 Å². The molecule has 1 aromatic heterocycles. The molecule has 6 nitrogen and oxygen atoms in total. The Balaban J connectivity index is 1.77. The van der Waals surface area contributed by atoms with Crippen molar-refractivity contribution in [1.29, 1.82) is 0 Å². The normalized spacial score (nSPS) is 11.6. The molecule has 152 valence electrons. The minimum Gasteiger partial charge on any atom is -0.507 e. The summed E-state index contributed by atoms with van der Waals surface area (Å²) in [5.74, 6) is 0.112. The summed E-state index contributed by atoms with van der Waals surface area (Å²) in [4.78, 5) is 8.93. The number of fused-ring (bicyclic) bond motifs is 1. The summed E-state index contributed by atoms with van der Waals surface area (Å²) < 4.78 is 6.45. The minimum absolute atomic E-state index is 0.0207. The van der Waals surface area contributed by atoms with E-state index in [0.717, 1.165) is 11.1 Å². The summed E-state index contributed by atoms with van der Waals surface area (Å²) in [7, 11) is 0. The number of phenols is 3. The van der Waals surface area contributed by atoms with Crippen LogP contribution in [0.4, 0.5) is 5.69 Å². The Labute approximate surface area is 188 Å². The lowest BCUT2D eigenvalue weighted by Gasteiger charge is -2.11. The number of benzene rings is 3. The average Bonchev–Trinajstić information content (AvgIpc) is 3.17. The van der Waals surface area contributed by atoms with Crippen molar-refractivity contribution in [3.63, 3.8) is 0 Å². The summed E-state index contributed by atoms with van der Waals surface area (Å²) in [6.45, 7) is 3.69. The summed E-state index contributed by atoms with van der Waals surface area (Å²) in [5.41, 5.74) is 4.36. The van der Waals surface area contributed by atoms with Gasteiger partial charge in [0.15, 0.2) is 5.58 Å². The van der Waals surface area contributed by atoms with E-state index in [2.05, 4.69) is 41.8 Å². The van der Waals surface area contributed by atoms with E-state index in [9.17, 15) is 15.3 Å². The van der Waals surface area contributed by atoms with Gasteiger partial charge < -0.3 is 19.7 Å². The van der Waals surface area contributed by atoms with Crippen molar-refractivity contribution < 1.29 is 19.7 Å². The van der Waals surface area contributed by atoms with Gasteiger partial charge in [-0.2, -0.15) is 0 Å². The number of aromatic hydroxyl groups is 3. The molecule has 0 aliphatic heterocycles. The second kappa shape index (κ2) is 7.77. The van der Waals surface area contributed by atoms with Crippen LogP contribution in [0.15, 0.2) is 54.8 Å². The molecule has 1 heterocycles. The van der Waals surface area contributed by atoms with Crippen LogP contribution < -0.4 is 0 Å². The highest BCUT2D eigenvalue weighted by atomic mass is 79.9. The van der Waals surface area contributed by atoms with Crippen molar-refractivity contribution in [2.24, 2.45) is 4.99 Å². The Hall–Kier alpha value is -2.84. The number of aryl methyl sites for hydroxylation is 1. The number of hydrogen-bond acceptors (Lipinski definition) is 6. The van der Waals surface area contributed by atoms with E-state index in [4.69, 9.17) is 4.42 Å². The van der Waals surface area contributed by atoms with Gasteiger partial charge in [-0.25, -0.2) is 4.98 Å². The zero-order chi connectivity index (χ0) is 21.6. The van der Waals surface area contributed by atoms with Gasteiger partial charge in [0.1, 0.15) is 27.2 Å². The van der Waals surface area contributed by atoms with Gasteiger partial charge in [-0.3, -0.25) is 4.99 Å². The van der Waals surface area contributed by atoms with Gasteiger partial charge in [0.25, 0.3) is 0 Å². The van der Waals surface area contributed by atoms with Gasteiger partial charge >= 0.3 is 0 Å². The second-order valence-corrected chi connectivity index (χ2v) is 8.35. The van der Waals surface area contributed by atoms with E-state index in [1.54, 1.807) is 19.1 Å². The zero-order valence-corrected chi connectivity index (χ0v) is 19.1. The number of aliphatic imine (C=N–C) groups is 1. The minimum atomic E-state index is -0.120. The van der Waals surface area contributed by atoms with Crippen LogP contribution >= 0.6 is 31.9 Å². The fourth-order valence-electron chi connectivity index (χ4n) is 3.07. The number of aromatic nitrogens is 1. The quantitative estimate of drug-likeness (QED) is 0.262. The number of nitrogens with zero attached hydrogens (tertiary/aromatic N) is 2. The SMILES string of the molecule is Cc1c(Br)c(O)c(Br)c(O)c1C=Nc1ccc(O)c(-c2nc3c(C)cccc3o2)c1. The lowest BCUT2D eigenvalue weighted by molar-refractivity contribution is 0.441. The summed E-state index contributed by atoms with van der Waals surface area (Å²) >= 11 is 6.48. The van der Waals surface area contributed by atoms with Crippen molar-refractivity contribution in [2.75, 3.05) is 0 Å². The third kappa shape index (κ3) is 3.46. The molecule has 0 atom stereocenters. The van der Waals surface area contributed by atoms with Gasteiger partial charge in [-0.05, 0) is 81.1 Å². The first-order chi connectivity index (χ1) is 14.3. The lowest BCUT2D eigenvalue weighted by Crippen LogP contribution is -1.92. The molecule has 8 heteroatoms. The number of para-hydroxylation sites is 1. The molecule has 0 saturated carbocycles. The highest BCUT2D eigenvalue weighted by molar-refractivity contribution is 9.11. The second-order valence-electron chi connectivity index (χ2n) is 6.76. The molecule has 0 fully saturated rings. The van der Waals surface area contributed by atoms with E-state index >= 15 is 0 Å². The van der Waals surface area contributed by atoms with Crippen LogP contribution in [0.2, 0.25) is 0 Å². The van der Waals surface area contributed by atoms with Crippen LogP contribution in [-0.2, 0) is 0 Å². The van der Waals surface area contributed by atoms with Crippen LogP contribution in [-0.4, -0.2) is 26.5 Å². The molecule has 0 radical (unpaired) electrons. The van der Waals surface area contributed by atoms with Gasteiger partial charge in [0.05, 0.1) is 15.7 Å². The van der Waals surface area contributed by atoms with Crippen LogP contribution in [0.3, 0.4) is 0 Å². The van der Waals surface area contributed by atoms with Crippen LogP contribution in [0.5, 0.6) is 17.2 Å². The average molecular weight is 532 g/mol. The van der Waals surface area contributed by atoms with Gasteiger partial charge in [0, 0.05) is 11.8 Å². The molecule has 0 saturated heterocycles. The fourth-order valence-corrected chi connectivity index (χ4v) is 4.16. The molecular formula is C22H16Br2N2O4. The first-order valence-electron chi connectivity index (χ1n) is 8.91. The zero-order valence-electron chi connectivity index (χ0n) is 15.9. The fraction of sp³-hybridized carbons (Fsp3) is 0.0909. The van der Waals surface area contributed by atoms with Crippen molar-refractivity contribution in [3.8, 4) is 28.7 Å². The first kappa shape index (κ1) is 20.4. The molecule has 3 aromatic carbocycles. The van der Waals surface area contributed by atoms with Crippen LogP contribution in [0.1, 0.15) is 16.7 Å². The molecule has 0 spiro atoms. The molecule has 0 unspecified atom stereocenters. The maximum absolute atomic E-state index is 10.4. The Morgan fingerprint density at radius 2 is 1.77 bits per heavy atom. The Morgan fingerprint density at radius 1 is 1.00 bits per heavy atom. The standard InChI is InChI=1S/C22H16Br2N2O4/c1-10-4-3-5-16-19(10)26-22(30-16)13-8-12(6-7-15(13)27)25-9-14-11(2)17(23)21(29)18(24)20(14)28/h3-9,27-29H,1-2H3. The predicted octanol–water partition coefficient (Wildman–Crippen LogP) is 6.50. The largest absolute Gasteiger partial charge is 0.507 e. The first-order valence-corrected chi connectivity index (χ1v) is 10.5. The monoisotopic (exact) mass is 530 g/mol. The van der Waals surface area contributed by atoms with Crippen molar-refractivity contribution in [1.82, 2.24) is 4.98 Å². The molecular weight excluding hydrogens is 516 g/mol. The molecule has 30 heavy (non-hydrogen) atoms. The topological polar surface area (TPSA) is 99.1 Å². The molecule has 0 aliphatic carbocycles. The smallest absolute Gasteiger partial charge is 0.231 e. The molecule has 0 amide bonds. The predicted molar refractivity (Wildman–Crippen MR) is 123 cm³/mol. The Morgan fingerprint density at radius 3 is 2.50 bits per heavy atom. The summed E-state index contributed by atoms with van der Waals surface area (Å²) in [6.07, 6.45) is 1.49. The van der Waals surface area contributed by atoms with Crippen molar-refractivity contribution >= 4 is 54.9 Å². The maximum Gasteiger partial charge on any atom is 0.231 e. The molecule has 4 aromatic rings. The molecule has 3 N–H and O–H groups in total. The van der Waals surface area contributed by atoms with Crippen LogP contribution in [0.25, 0.3) is 22.6 Å². The lowest BCUT2D eigenvalue weighted by atomic mass is 10.1. The number of oxazole rings is 1. The number of hydrogen-bond donors (Lipinski definition) is 3. The Bertz CT molecular complexity index is 1300. The Kier molecular flexibility index (Phi) is 5.29. The van der Waals surface area contributed by atoms with Crippen LogP contribution in [0, 0.1) is 13.8 Å². The maximum atomic E-state index is 10.4. The molecule has 0 aliphatic rings. The van der Waals surface area contributed by atoms with Crippen molar-refractivity contribution in [3.05, 3.63) is 62.0 Å². The third-order valence-corrected chi connectivity index (χ3v) is 6.51. The van der Waals surface area contributed by atoms with E-state index in [1.807, 2.05) is 25.1 Å².